The van der Waals surface area contributed by atoms with Crippen LogP contribution in [0.5, 0.6) is 0 Å². The molecular formula is C18H13F6NO3. The summed E-state index contributed by atoms with van der Waals surface area (Å²) in [5, 5.41) is 2.25. The third-order valence-corrected chi connectivity index (χ3v) is 3.67. The summed E-state index contributed by atoms with van der Waals surface area (Å²) in [5.41, 5.74) is -3.05. The number of halogens is 6. The Morgan fingerprint density at radius 3 is 1.75 bits per heavy atom. The van der Waals surface area contributed by atoms with Gasteiger partial charge in [-0.15, -0.1) is 0 Å². The average Bonchev–Trinajstić information content (AvgIpc) is 2.64. The highest BCUT2D eigenvalue weighted by atomic mass is 19.4. The Labute approximate surface area is 155 Å². The monoisotopic (exact) mass is 405 g/mol. The molecule has 0 saturated carbocycles. The number of carbonyl (C=O) groups is 2. The Balaban J connectivity index is 2.19. The number of hydrogen-bond donors (Lipinski definition) is 1. The fourth-order valence-electron chi connectivity index (χ4n) is 2.28. The molecule has 2 aromatic carbocycles. The quantitative estimate of drug-likeness (QED) is 0.605. The van der Waals surface area contributed by atoms with Crippen LogP contribution >= 0.6 is 0 Å². The number of rotatable bonds is 4. The van der Waals surface area contributed by atoms with Crippen molar-refractivity contribution in [1.82, 2.24) is 5.32 Å². The second-order valence-electron chi connectivity index (χ2n) is 5.67. The van der Waals surface area contributed by atoms with Gasteiger partial charge in [0, 0.05) is 12.1 Å². The second kappa shape index (κ2) is 7.91. The van der Waals surface area contributed by atoms with Gasteiger partial charge < -0.3 is 10.1 Å². The van der Waals surface area contributed by atoms with Gasteiger partial charge in [-0.25, -0.2) is 4.79 Å². The maximum Gasteiger partial charge on any atom is 0.416 e. The fraction of sp³-hybridized carbons (Fsp3) is 0.222. The number of ether oxygens (including phenoxy) is 1. The highest BCUT2D eigenvalue weighted by Crippen LogP contribution is 2.36. The first kappa shape index (κ1) is 21.3. The molecule has 1 amide bonds. The number of alkyl halides is 6. The van der Waals surface area contributed by atoms with Crippen molar-refractivity contribution in [3.63, 3.8) is 0 Å². The topological polar surface area (TPSA) is 55.4 Å². The smallest absolute Gasteiger partial charge is 0.416 e. The van der Waals surface area contributed by atoms with Crippen LogP contribution in [0.1, 0.15) is 37.4 Å². The van der Waals surface area contributed by atoms with Crippen LogP contribution in [-0.4, -0.2) is 19.0 Å². The summed E-state index contributed by atoms with van der Waals surface area (Å²) >= 11 is 0. The summed E-state index contributed by atoms with van der Waals surface area (Å²) in [5.74, 6) is -1.36. The maximum absolute atomic E-state index is 12.8. The van der Waals surface area contributed by atoms with Crippen LogP contribution in [-0.2, 0) is 23.6 Å². The van der Waals surface area contributed by atoms with Crippen molar-refractivity contribution in [3.05, 3.63) is 70.3 Å². The van der Waals surface area contributed by atoms with Crippen molar-refractivity contribution < 1.29 is 40.7 Å². The molecule has 0 bridgehead atoms. The predicted octanol–water partition coefficient (Wildman–Crippen LogP) is 4.44. The molecule has 150 valence electrons. The van der Waals surface area contributed by atoms with Crippen molar-refractivity contribution in [2.45, 2.75) is 18.9 Å². The van der Waals surface area contributed by atoms with E-state index in [1.54, 1.807) is 0 Å². The van der Waals surface area contributed by atoms with Crippen LogP contribution in [0.3, 0.4) is 0 Å². The van der Waals surface area contributed by atoms with E-state index in [2.05, 4.69) is 10.1 Å². The molecule has 0 aliphatic carbocycles. The highest BCUT2D eigenvalue weighted by Gasteiger charge is 2.36. The molecule has 0 heterocycles. The average molecular weight is 405 g/mol. The van der Waals surface area contributed by atoms with Crippen LogP contribution in [0.2, 0.25) is 0 Å². The van der Waals surface area contributed by atoms with Gasteiger partial charge in [0.25, 0.3) is 5.91 Å². The van der Waals surface area contributed by atoms with E-state index in [1.807, 2.05) is 0 Å². The number of amides is 1. The van der Waals surface area contributed by atoms with Gasteiger partial charge in [-0.3, -0.25) is 4.79 Å². The fourth-order valence-corrected chi connectivity index (χ4v) is 2.28. The Hall–Kier alpha value is -3.04. The Bertz CT molecular complexity index is 840. The lowest BCUT2D eigenvalue weighted by Crippen LogP contribution is -2.23. The van der Waals surface area contributed by atoms with Gasteiger partial charge >= 0.3 is 18.3 Å². The molecule has 0 aliphatic rings. The molecule has 10 heteroatoms. The molecular weight excluding hydrogens is 392 g/mol. The van der Waals surface area contributed by atoms with Crippen molar-refractivity contribution >= 4 is 11.9 Å². The molecule has 0 atom stereocenters. The molecule has 0 spiro atoms. The van der Waals surface area contributed by atoms with Gasteiger partial charge in [0.2, 0.25) is 0 Å². The summed E-state index contributed by atoms with van der Waals surface area (Å²) < 4.78 is 81.5. The second-order valence-corrected chi connectivity index (χ2v) is 5.67. The van der Waals surface area contributed by atoms with Crippen molar-refractivity contribution in [1.29, 1.82) is 0 Å². The Kier molecular flexibility index (Phi) is 6.01. The van der Waals surface area contributed by atoms with E-state index in [4.69, 9.17) is 0 Å². The number of esters is 1. The highest BCUT2D eigenvalue weighted by molar-refractivity contribution is 5.96. The van der Waals surface area contributed by atoms with Gasteiger partial charge in [0.05, 0.1) is 23.8 Å². The predicted molar refractivity (Wildman–Crippen MR) is 85.4 cm³/mol. The van der Waals surface area contributed by atoms with Crippen molar-refractivity contribution in [3.8, 4) is 0 Å². The SMILES string of the molecule is COC(=O)c1ccc(C(=O)NCc2cc(C(F)(F)F)cc(C(F)(F)F)c2)cc1. The molecule has 0 aliphatic heterocycles. The normalized spacial score (nSPS) is 11.8. The van der Waals surface area contributed by atoms with Crippen molar-refractivity contribution in [2.75, 3.05) is 7.11 Å². The lowest BCUT2D eigenvalue weighted by Gasteiger charge is -2.14. The summed E-state index contributed by atoms with van der Waals surface area (Å²) in [6.07, 6.45) is -9.94. The summed E-state index contributed by atoms with van der Waals surface area (Å²) in [6, 6.07) is 6.23. The largest absolute Gasteiger partial charge is 0.465 e. The molecule has 2 aromatic rings. The number of hydrogen-bond acceptors (Lipinski definition) is 3. The third-order valence-electron chi connectivity index (χ3n) is 3.67. The minimum atomic E-state index is -4.97. The number of methoxy groups -OCH3 is 1. The van der Waals surface area contributed by atoms with E-state index < -0.39 is 41.9 Å². The minimum absolute atomic E-state index is 0.0108. The van der Waals surface area contributed by atoms with Crippen LogP contribution in [0, 0.1) is 0 Å². The van der Waals surface area contributed by atoms with Gasteiger partial charge in [0.15, 0.2) is 0 Å². The van der Waals surface area contributed by atoms with E-state index in [-0.39, 0.29) is 22.8 Å². The maximum atomic E-state index is 12.8. The summed E-state index contributed by atoms with van der Waals surface area (Å²) in [4.78, 5) is 23.4. The van der Waals surface area contributed by atoms with E-state index in [0.717, 1.165) is 0 Å². The molecule has 0 radical (unpaired) electrons. The zero-order valence-electron chi connectivity index (χ0n) is 14.2. The first-order valence-electron chi connectivity index (χ1n) is 7.67. The van der Waals surface area contributed by atoms with Gasteiger partial charge in [-0.05, 0) is 48.0 Å². The van der Waals surface area contributed by atoms with Gasteiger partial charge in [0.1, 0.15) is 0 Å². The summed E-state index contributed by atoms with van der Waals surface area (Å²) in [7, 11) is 1.17. The molecule has 28 heavy (non-hydrogen) atoms. The van der Waals surface area contributed by atoms with Crippen LogP contribution in [0.25, 0.3) is 0 Å². The third kappa shape index (κ3) is 5.24. The van der Waals surface area contributed by atoms with Crippen LogP contribution < -0.4 is 5.32 Å². The number of nitrogens with one attached hydrogen (secondary N) is 1. The molecule has 0 fully saturated rings. The standard InChI is InChI=1S/C18H13F6NO3/c1-28-16(27)12-4-2-11(3-5-12)15(26)25-9-10-6-13(17(19,20)21)8-14(7-10)18(22,23)24/h2-8H,9H2,1H3,(H,25,26). The summed E-state index contributed by atoms with van der Waals surface area (Å²) in [6.45, 7) is -0.551. The molecule has 1 N–H and O–H groups in total. The lowest BCUT2D eigenvalue weighted by atomic mass is 10.0. The lowest BCUT2D eigenvalue weighted by molar-refractivity contribution is -0.143. The van der Waals surface area contributed by atoms with Crippen LogP contribution in [0.15, 0.2) is 42.5 Å². The Morgan fingerprint density at radius 2 is 1.32 bits per heavy atom. The molecule has 0 unspecified atom stereocenters. The zero-order chi connectivity index (χ0) is 21.1. The van der Waals surface area contributed by atoms with E-state index in [1.165, 1.54) is 31.4 Å². The first-order valence-corrected chi connectivity index (χ1v) is 7.67. The van der Waals surface area contributed by atoms with E-state index >= 15 is 0 Å². The molecule has 2 rings (SSSR count). The van der Waals surface area contributed by atoms with Gasteiger partial charge in [-0.2, -0.15) is 26.3 Å². The Morgan fingerprint density at radius 1 is 0.857 bits per heavy atom. The number of carbonyl (C=O) groups excluding carboxylic acids is 2. The number of benzene rings is 2. The minimum Gasteiger partial charge on any atom is -0.465 e. The van der Waals surface area contributed by atoms with Crippen LogP contribution in [0.4, 0.5) is 26.3 Å². The van der Waals surface area contributed by atoms with Gasteiger partial charge in [-0.1, -0.05) is 0 Å². The zero-order valence-corrected chi connectivity index (χ0v) is 14.2. The molecule has 4 nitrogen and oxygen atoms in total. The first-order chi connectivity index (χ1) is 12.9. The molecule has 0 saturated heterocycles. The van der Waals surface area contributed by atoms with E-state index in [9.17, 15) is 35.9 Å². The van der Waals surface area contributed by atoms with E-state index in [0.29, 0.717) is 12.1 Å². The van der Waals surface area contributed by atoms with Crippen molar-refractivity contribution in [2.24, 2.45) is 0 Å². The molecule has 0 aromatic heterocycles.